The van der Waals surface area contributed by atoms with Gasteiger partial charge >= 0.3 is 0 Å². The van der Waals surface area contributed by atoms with Gasteiger partial charge in [-0.2, -0.15) is 0 Å². The molecule has 77 heavy (non-hydrogen) atoms. The molecule has 0 aromatic rings. The summed E-state index contributed by atoms with van der Waals surface area (Å²) in [6, 6.07) is 0. The SMILES string of the molecule is CCCCCCCCC=CCCCCCCCCO.CCCCCCCCC=CCCCCCCCCO.CCCCCCCCC=CCCCCCCCCO.CCCCCCCCC=CCCCCCCCCO.[Ti]. The molecule has 0 amide bonds. The first-order valence-electron chi connectivity index (χ1n) is 34.7. The molecule has 0 radical (unpaired) electrons. The molecule has 0 saturated heterocycles. The topological polar surface area (TPSA) is 80.9 Å². The van der Waals surface area contributed by atoms with E-state index in [4.69, 9.17) is 20.4 Å². The van der Waals surface area contributed by atoms with Gasteiger partial charge in [0.05, 0.1) is 0 Å². The van der Waals surface area contributed by atoms with Gasteiger partial charge in [-0.05, 0) is 128 Å². The Hall–Kier alpha value is -0.486. The molecule has 0 aromatic carbocycles. The molecule has 0 saturated carbocycles. The molecule has 0 spiro atoms. The van der Waals surface area contributed by atoms with Crippen LogP contribution in [0.5, 0.6) is 0 Å². The Morgan fingerprint density at radius 1 is 0.156 bits per heavy atom. The van der Waals surface area contributed by atoms with Crippen molar-refractivity contribution in [3.8, 4) is 0 Å². The number of hydrogen-bond donors (Lipinski definition) is 4. The van der Waals surface area contributed by atoms with Crippen LogP contribution in [0.4, 0.5) is 0 Å². The van der Waals surface area contributed by atoms with Gasteiger partial charge in [0.25, 0.3) is 0 Å². The smallest absolute Gasteiger partial charge is 0.0431 e. The number of rotatable bonds is 60. The van der Waals surface area contributed by atoms with Gasteiger partial charge in [-0.1, -0.05) is 307 Å². The second-order valence-electron chi connectivity index (χ2n) is 22.6. The maximum atomic E-state index is 8.66. The van der Waals surface area contributed by atoms with Crippen molar-refractivity contribution in [1.29, 1.82) is 0 Å². The average Bonchev–Trinajstić information content (AvgIpc) is 3.43. The van der Waals surface area contributed by atoms with Crippen LogP contribution in [0.2, 0.25) is 0 Å². The molecule has 5 heteroatoms. The zero-order valence-electron chi connectivity index (χ0n) is 53.3. The van der Waals surface area contributed by atoms with Gasteiger partial charge in [0.15, 0.2) is 0 Å². The number of aliphatic hydroxyl groups excluding tert-OH is 4. The molecular weight excluding hydrogens is 977 g/mol. The average molecular weight is 1120 g/mol. The van der Waals surface area contributed by atoms with Crippen molar-refractivity contribution in [3.63, 3.8) is 0 Å². The zero-order chi connectivity index (χ0) is 56.1. The summed E-state index contributed by atoms with van der Waals surface area (Å²) in [4.78, 5) is 0. The quantitative estimate of drug-likeness (QED) is 0.0278. The van der Waals surface area contributed by atoms with Gasteiger partial charge in [0.2, 0.25) is 0 Å². The molecule has 0 aliphatic heterocycles. The fourth-order valence-electron chi connectivity index (χ4n) is 9.44. The minimum Gasteiger partial charge on any atom is -0.396 e. The molecule has 0 aliphatic carbocycles. The molecule has 0 aliphatic rings. The van der Waals surface area contributed by atoms with Gasteiger partial charge < -0.3 is 20.4 Å². The van der Waals surface area contributed by atoms with Crippen molar-refractivity contribution < 1.29 is 42.1 Å². The maximum Gasteiger partial charge on any atom is 0.0431 e. The summed E-state index contributed by atoms with van der Waals surface area (Å²) in [6.07, 6.45) is 92.8. The summed E-state index contributed by atoms with van der Waals surface area (Å²) in [5.41, 5.74) is 0. The number of hydrogen-bond acceptors (Lipinski definition) is 4. The van der Waals surface area contributed by atoms with Crippen LogP contribution in [0.3, 0.4) is 0 Å². The second-order valence-corrected chi connectivity index (χ2v) is 22.6. The molecule has 0 heterocycles. The van der Waals surface area contributed by atoms with E-state index in [9.17, 15) is 0 Å². The van der Waals surface area contributed by atoms with Crippen LogP contribution >= 0.6 is 0 Å². The minimum atomic E-state index is 0. The molecule has 4 nitrogen and oxygen atoms in total. The van der Waals surface area contributed by atoms with E-state index in [1.165, 1.54) is 334 Å². The van der Waals surface area contributed by atoms with Gasteiger partial charge in [-0.15, -0.1) is 0 Å². The van der Waals surface area contributed by atoms with E-state index in [1.54, 1.807) is 0 Å². The normalized spacial score (nSPS) is 11.3. The van der Waals surface area contributed by atoms with Crippen LogP contribution in [0, 0.1) is 0 Å². The Kier molecular flexibility index (Phi) is 102. The third-order valence-electron chi connectivity index (χ3n) is 14.7. The minimum absolute atomic E-state index is 0. The summed E-state index contributed by atoms with van der Waals surface area (Å²) in [5.74, 6) is 0. The fourth-order valence-corrected chi connectivity index (χ4v) is 9.44. The van der Waals surface area contributed by atoms with Crippen LogP contribution < -0.4 is 0 Å². The monoisotopic (exact) mass is 1120 g/mol. The first-order chi connectivity index (χ1) is 37.7. The van der Waals surface area contributed by atoms with Crippen molar-refractivity contribution in [3.05, 3.63) is 48.6 Å². The van der Waals surface area contributed by atoms with Gasteiger partial charge in [-0.25, -0.2) is 0 Å². The first kappa shape index (κ1) is 85.3. The standard InChI is InChI=1S/4C18H36O.Ti/c4*1-2-3-4-5-6-7-8-9-10-11-12-13-14-15-16-17-18-19;/h4*9-10,19H,2-8,11-18H2,1H3;. The van der Waals surface area contributed by atoms with Crippen LogP contribution in [0.1, 0.15) is 387 Å². The molecule has 0 fully saturated rings. The molecule has 4 N–H and O–H groups in total. The molecule has 460 valence electrons. The summed E-state index contributed by atoms with van der Waals surface area (Å²) in [6.45, 7) is 10.5. The van der Waals surface area contributed by atoms with Crippen LogP contribution in [-0.2, 0) is 21.7 Å². The van der Waals surface area contributed by atoms with Crippen molar-refractivity contribution in [2.75, 3.05) is 26.4 Å². The zero-order valence-corrected chi connectivity index (χ0v) is 54.9. The van der Waals surface area contributed by atoms with E-state index in [-0.39, 0.29) is 21.7 Å². The van der Waals surface area contributed by atoms with Gasteiger partial charge in [0, 0.05) is 48.1 Å². The predicted octanol–water partition coefficient (Wildman–Crippen LogP) is 24.1. The molecule has 0 atom stereocenters. The van der Waals surface area contributed by atoms with Crippen LogP contribution in [-0.4, -0.2) is 46.9 Å². The molecule has 0 bridgehead atoms. The van der Waals surface area contributed by atoms with Crippen molar-refractivity contribution in [1.82, 2.24) is 0 Å². The van der Waals surface area contributed by atoms with E-state index < -0.39 is 0 Å². The molecular formula is C72H144O4Ti. The third kappa shape index (κ3) is 101. The van der Waals surface area contributed by atoms with E-state index in [1.807, 2.05) is 0 Å². The van der Waals surface area contributed by atoms with Gasteiger partial charge in [-0.3, -0.25) is 0 Å². The number of allylic oxidation sites excluding steroid dienone is 8. The number of unbranched alkanes of at least 4 members (excludes halogenated alkanes) is 48. The summed E-state index contributed by atoms with van der Waals surface area (Å²) in [5, 5.41) is 34.6. The molecule has 0 aromatic heterocycles. The predicted molar refractivity (Wildman–Crippen MR) is 346 cm³/mol. The Balaban J connectivity index is -0.000000298. The second kappa shape index (κ2) is 92.0. The summed E-state index contributed by atoms with van der Waals surface area (Å²) < 4.78 is 0. The van der Waals surface area contributed by atoms with Crippen molar-refractivity contribution >= 4 is 0 Å². The van der Waals surface area contributed by atoms with Crippen LogP contribution in [0.25, 0.3) is 0 Å². The number of aliphatic hydroxyl groups is 4. The van der Waals surface area contributed by atoms with E-state index in [0.717, 1.165) is 25.7 Å². The molecule has 0 unspecified atom stereocenters. The summed E-state index contributed by atoms with van der Waals surface area (Å²) >= 11 is 0. The van der Waals surface area contributed by atoms with Gasteiger partial charge in [0.1, 0.15) is 0 Å². The summed E-state index contributed by atoms with van der Waals surface area (Å²) in [7, 11) is 0. The van der Waals surface area contributed by atoms with Crippen molar-refractivity contribution in [2.45, 2.75) is 387 Å². The Bertz CT molecular complexity index is 866. The van der Waals surface area contributed by atoms with E-state index in [2.05, 4.69) is 76.3 Å². The Labute approximate surface area is 501 Å². The first-order valence-corrected chi connectivity index (χ1v) is 34.7. The van der Waals surface area contributed by atoms with Crippen molar-refractivity contribution in [2.24, 2.45) is 0 Å². The maximum absolute atomic E-state index is 8.66. The molecule has 0 rings (SSSR count). The van der Waals surface area contributed by atoms with E-state index >= 15 is 0 Å². The largest absolute Gasteiger partial charge is 0.396 e. The van der Waals surface area contributed by atoms with E-state index in [0.29, 0.717) is 26.4 Å². The third-order valence-corrected chi connectivity index (χ3v) is 14.7. The Morgan fingerprint density at radius 2 is 0.260 bits per heavy atom. The van der Waals surface area contributed by atoms with Crippen LogP contribution in [0.15, 0.2) is 48.6 Å². The fraction of sp³-hybridized carbons (Fsp3) is 0.889. The Morgan fingerprint density at radius 3 is 0.377 bits per heavy atom.